The Morgan fingerprint density at radius 1 is 1.35 bits per heavy atom. The third-order valence-corrected chi connectivity index (χ3v) is 4.85. The first kappa shape index (κ1) is 12.8. The third kappa shape index (κ3) is 3.19. The maximum absolute atomic E-state index is 4.38. The highest BCUT2D eigenvalue weighted by molar-refractivity contribution is 7.99. The minimum Gasteiger partial charge on any atom is -0.314 e. The van der Waals surface area contributed by atoms with Crippen LogP contribution in [0.25, 0.3) is 0 Å². The molecule has 2 rings (SSSR count). The van der Waals surface area contributed by atoms with Crippen molar-refractivity contribution >= 4 is 11.8 Å². The van der Waals surface area contributed by atoms with Crippen LogP contribution in [0.1, 0.15) is 32.3 Å². The van der Waals surface area contributed by atoms with Gasteiger partial charge in [-0.1, -0.05) is 25.6 Å². The molecule has 1 aliphatic carbocycles. The molecule has 17 heavy (non-hydrogen) atoms. The first-order chi connectivity index (χ1) is 8.20. The minimum atomic E-state index is 0.654. The summed E-state index contributed by atoms with van der Waals surface area (Å²) in [7, 11) is 0. The molecule has 0 spiro atoms. The quantitative estimate of drug-likeness (QED) is 0.835. The van der Waals surface area contributed by atoms with Crippen LogP contribution in [-0.4, -0.2) is 27.8 Å². The first-order valence-corrected chi connectivity index (χ1v) is 7.27. The lowest BCUT2D eigenvalue weighted by atomic mass is 10.1. The molecular weight excluding hydrogens is 230 g/mol. The Bertz CT molecular complexity index is 352. The van der Waals surface area contributed by atoms with Crippen molar-refractivity contribution in [3.8, 4) is 0 Å². The number of nitrogens with one attached hydrogen (secondary N) is 1. The maximum atomic E-state index is 4.38. The Morgan fingerprint density at radius 3 is 2.71 bits per heavy atom. The molecule has 3 atom stereocenters. The van der Waals surface area contributed by atoms with Crippen LogP contribution in [0, 0.1) is 12.8 Å². The number of thioether (sulfide) groups is 1. The number of nitrogens with zero attached hydrogens (tertiary/aromatic N) is 2. The molecule has 0 amide bonds. The standard InChI is InChI=1S/C13H21N3S/c1-4-14-11-5-6-12(10(11)3)17-13-15-7-9(2)8-16-13/h7-8,10-12,14H,4-6H2,1-3H3. The summed E-state index contributed by atoms with van der Waals surface area (Å²) in [5.74, 6) is 0.699. The van der Waals surface area contributed by atoms with Gasteiger partial charge in [0.25, 0.3) is 0 Å². The van der Waals surface area contributed by atoms with E-state index >= 15 is 0 Å². The Balaban J connectivity index is 1.94. The van der Waals surface area contributed by atoms with Crippen molar-refractivity contribution in [1.82, 2.24) is 15.3 Å². The lowest BCUT2D eigenvalue weighted by Crippen LogP contribution is -2.33. The van der Waals surface area contributed by atoms with Gasteiger partial charge in [-0.2, -0.15) is 0 Å². The number of hydrogen-bond donors (Lipinski definition) is 1. The Hall–Kier alpha value is -0.610. The zero-order valence-corrected chi connectivity index (χ0v) is 11.6. The average molecular weight is 251 g/mol. The van der Waals surface area contributed by atoms with Gasteiger partial charge in [0.1, 0.15) is 0 Å². The van der Waals surface area contributed by atoms with Crippen LogP contribution in [-0.2, 0) is 0 Å². The number of aromatic nitrogens is 2. The van der Waals surface area contributed by atoms with E-state index < -0.39 is 0 Å². The van der Waals surface area contributed by atoms with Crippen molar-refractivity contribution in [2.45, 2.75) is 50.1 Å². The van der Waals surface area contributed by atoms with E-state index in [0.717, 1.165) is 17.3 Å². The van der Waals surface area contributed by atoms with Crippen molar-refractivity contribution in [3.63, 3.8) is 0 Å². The van der Waals surface area contributed by atoms with Crippen LogP contribution in [0.3, 0.4) is 0 Å². The van der Waals surface area contributed by atoms with Crippen LogP contribution in [0.15, 0.2) is 17.6 Å². The summed E-state index contributed by atoms with van der Waals surface area (Å²) < 4.78 is 0. The molecule has 0 radical (unpaired) electrons. The van der Waals surface area contributed by atoms with E-state index in [1.165, 1.54) is 12.8 Å². The molecule has 1 heterocycles. The number of rotatable bonds is 4. The SMILES string of the molecule is CCNC1CCC(Sc2ncc(C)cn2)C1C. The van der Waals surface area contributed by atoms with Gasteiger partial charge in [0.2, 0.25) is 0 Å². The van der Waals surface area contributed by atoms with Crippen LogP contribution < -0.4 is 5.32 Å². The summed E-state index contributed by atoms with van der Waals surface area (Å²) >= 11 is 1.84. The Labute approximate surface area is 108 Å². The summed E-state index contributed by atoms with van der Waals surface area (Å²) in [5, 5.41) is 5.14. The van der Waals surface area contributed by atoms with Crippen LogP contribution >= 0.6 is 11.8 Å². The fourth-order valence-electron chi connectivity index (χ4n) is 2.42. The number of hydrogen-bond acceptors (Lipinski definition) is 4. The molecule has 3 nitrogen and oxygen atoms in total. The van der Waals surface area contributed by atoms with Crippen molar-refractivity contribution in [2.24, 2.45) is 5.92 Å². The molecule has 1 N–H and O–H groups in total. The Morgan fingerprint density at radius 2 is 2.06 bits per heavy atom. The van der Waals surface area contributed by atoms with Crippen molar-refractivity contribution in [1.29, 1.82) is 0 Å². The second-order valence-electron chi connectivity index (χ2n) is 4.80. The third-order valence-electron chi connectivity index (χ3n) is 3.46. The van der Waals surface area contributed by atoms with E-state index in [1.807, 2.05) is 31.1 Å². The molecular formula is C13H21N3S. The van der Waals surface area contributed by atoms with E-state index in [4.69, 9.17) is 0 Å². The molecule has 1 aromatic heterocycles. The molecule has 1 saturated carbocycles. The highest BCUT2D eigenvalue weighted by Crippen LogP contribution is 2.37. The van der Waals surface area contributed by atoms with Gasteiger partial charge in [-0.3, -0.25) is 0 Å². The minimum absolute atomic E-state index is 0.654. The van der Waals surface area contributed by atoms with E-state index in [-0.39, 0.29) is 0 Å². The molecule has 0 saturated heterocycles. The smallest absolute Gasteiger partial charge is 0.187 e. The predicted molar refractivity (Wildman–Crippen MR) is 72.3 cm³/mol. The topological polar surface area (TPSA) is 37.8 Å². The van der Waals surface area contributed by atoms with Gasteiger partial charge in [-0.05, 0) is 37.8 Å². The second-order valence-corrected chi connectivity index (χ2v) is 6.01. The van der Waals surface area contributed by atoms with Crippen molar-refractivity contribution in [3.05, 3.63) is 18.0 Å². The largest absolute Gasteiger partial charge is 0.314 e. The zero-order chi connectivity index (χ0) is 12.3. The monoisotopic (exact) mass is 251 g/mol. The van der Waals surface area contributed by atoms with Crippen LogP contribution in [0.5, 0.6) is 0 Å². The van der Waals surface area contributed by atoms with Gasteiger partial charge < -0.3 is 5.32 Å². The van der Waals surface area contributed by atoms with E-state index in [9.17, 15) is 0 Å². The zero-order valence-electron chi connectivity index (χ0n) is 10.8. The molecule has 0 aromatic carbocycles. The molecule has 0 aliphatic heterocycles. The van der Waals surface area contributed by atoms with Crippen LogP contribution in [0.2, 0.25) is 0 Å². The van der Waals surface area contributed by atoms with Gasteiger partial charge in [0.05, 0.1) is 0 Å². The lowest BCUT2D eigenvalue weighted by Gasteiger charge is -2.20. The fourth-order valence-corrected chi connectivity index (χ4v) is 3.58. The highest BCUT2D eigenvalue weighted by atomic mass is 32.2. The van der Waals surface area contributed by atoms with Gasteiger partial charge in [0.15, 0.2) is 5.16 Å². The average Bonchev–Trinajstić information content (AvgIpc) is 2.65. The van der Waals surface area contributed by atoms with E-state index in [0.29, 0.717) is 17.2 Å². The number of aryl methyl sites for hydroxylation is 1. The van der Waals surface area contributed by atoms with Crippen molar-refractivity contribution < 1.29 is 0 Å². The summed E-state index contributed by atoms with van der Waals surface area (Å²) in [6, 6.07) is 0.669. The maximum Gasteiger partial charge on any atom is 0.187 e. The summed E-state index contributed by atoms with van der Waals surface area (Å²) in [4.78, 5) is 8.76. The second kappa shape index (κ2) is 5.83. The van der Waals surface area contributed by atoms with Crippen molar-refractivity contribution in [2.75, 3.05) is 6.54 Å². The fraction of sp³-hybridized carbons (Fsp3) is 0.692. The predicted octanol–water partition coefficient (Wildman–Crippen LogP) is 2.65. The van der Waals surface area contributed by atoms with Gasteiger partial charge in [-0.25, -0.2) is 9.97 Å². The lowest BCUT2D eigenvalue weighted by molar-refractivity contribution is 0.441. The summed E-state index contributed by atoms with van der Waals surface area (Å²) in [5.41, 5.74) is 1.12. The molecule has 3 unspecified atom stereocenters. The molecule has 4 heteroatoms. The molecule has 0 bridgehead atoms. The Kier molecular flexibility index (Phi) is 4.40. The molecule has 1 aromatic rings. The van der Waals surface area contributed by atoms with Gasteiger partial charge in [0, 0.05) is 23.7 Å². The van der Waals surface area contributed by atoms with Gasteiger partial charge in [-0.15, -0.1) is 0 Å². The van der Waals surface area contributed by atoms with Crippen LogP contribution in [0.4, 0.5) is 0 Å². The molecule has 94 valence electrons. The molecule has 1 aliphatic rings. The van der Waals surface area contributed by atoms with Gasteiger partial charge >= 0.3 is 0 Å². The highest BCUT2D eigenvalue weighted by Gasteiger charge is 2.33. The normalized spacial score (nSPS) is 28.5. The van der Waals surface area contributed by atoms with E-state index in [1.54, 1.807) is 0 Å². The molecule has 1 fully saturated rings. The summed E-state index contributed by atoms with van der Waals surface area (Å²) in [6.45, 7) is 7.60. The summed E-state index contributed by atoms with van der Waals surface area (Å²) in [6.07, 6.45) is 6.34. The van der Waals surface area contributed by atoms with E-state index in [2.05, 4.69) is 29.1 Å². The first-order valence-electron chi connectivity index (χ1n) is 6.39.